The van der Waals surface area contributed by atoms with Gasteiger partial charge >= 0.3 is 19.8 Å². The molecule has 0 aliphatic heterocycles. The van der Waals surface area contributed by atoms with E-state index in [4.69, 9.17) is 18.5 Å². The molecule has 0 aromatic heterocycles. The maximum Gasteiger partial charge on any atom is 0.472 e. The zero-order chi connectivity index (χ0) is 46.4. The van der Waals surface area contributed by atoms with Gasteiger partial charge in [0.25, 0.3) is 0 Å². The molecule has 370 valence electrons. The van der Waals surface area contributed by atoms with Crippen LogP contribution in [0.4, 0.5) is 0 Å². The zero-order valence-corrected chi connectivity index (χ0v) is 40.3. The predicted molar refractivity (Wildman–Crippen MR) is 249 cm³/mol. The Morgan fingerprint density at radius 3 is 1.32 bits per heavy atom. The quantitative estimate of drug-likeness (QED) is 0.0146. The maximum absolute atomic E-state index is 12.8. The van der Waals surface area contributed by atoms with E-state index in [9.17, 15) is 44.6 Å². The van der Waals surface area contributed by atoms with Crippen LogP contribution in [0.25, 0.3) is 0 Å². The Balaban J connectivity index is 2.40. The summed E-state index contributed by atoms with van der Waals surface area (Å²) in [7, 11) is -5.12. The highest BCUT2D eigenvalue weighted by atomic mass is 31.2. The standard InChI is InChI=1S/C49H91O13P/c1-3-5-7-9-11-13-15-17-19-20-21-22-24-25-27-29-31-33-35-37-42(50)59-39-41(40-60-63(57,58)62-49-47(55)45(53)44(52)46(54)48(49)56)61-43(51)38-36-34-32-30-28-26-23-18-16-14-12-10-8-6-4-2/h12,14,18,23,41,44-49,52-56H,3-11,13,15-17,19-22,24-40H2,1-2H3,(H,57,58)/b14-12-,23-18-. The Bertz CT molecular complexity index is 1200. The molecule has 0 aromatic rings. The van der Waals surface area contributed by atoms with Crippen molar-refractivity contribution in [2.24, 2.45) is 0 Å². The zero-order valence-electron chi connectivity index (χ0n) is 39.4. The van der Waals surface area contributed by atoms with Crippen LogP contribution in [0.2, 0.25) is 0 Å². The van der Waals surface area contributed by atoms with Crippen LogP contribution < -0.4 is 0 Å². The van der Waals surface area contributed by atoms with Gasteiger partial charge in [0.05, 0.1) is 6.61 Å². The number of hydrogen-bond acceptors (Lipinski definition) is 12. The Kier molecular flexibility index (Phi) is 37.2. The molecule has 0 saturated heterocycles. The molecule has 6 N–H and O–H groups in total. The Morgan fingerprint density at radius 1 is 0.492 bits per heavy atom. The van der Waals surface area contributed by atoms with Gasteiger partial charge in [0.2, 0.25) is 0 Å². The number of carbonyl (C=O) groups excluding carboxylic acids is 2. The summed E-state index contributed by atoms with van der Waals surface area (Å²) in [5, 5.41) is 50.2. The van der Waals surface area contributed by atoms with E-state index >= 15 is 0 Å². The monoisotopic (exact) mass is 919 g/mol. The van der Waals surface area contributed by atoms with Crippen LogP contribution in [0.3, 0.4) is 0 Å². The number of esters is 2. The molecular weight excluding hydrogens is 828 g/mol. The first-order chi connectivity index (χ1) is 30.4. The molecule has 0 heterocycles. The van der Waals surface area contributed by atoms with Crippen molar-refractivity contribution in [2.45, 2.75) is 262 Å². The highest BCUT2D eigenvalue weighted by molar-refractivity contribution is 7.47. The summed E-state index contributed by atoms with van der Waals surface area (Å²) in [4.78, 5) is 35.8. The first kappa shape index (κ1) is 59.3. The lowest BCUT2D eigenvalue weighted by Crippen LogP contribution is -2.64. The van der Waals surface area contributed by atoms with Crippen molar-refractivity contribution in [2.75, 3.05) is 13.2 Å². The van der Waals surface area contributed by atoms with Gasteiger partial charge in [-0.1, -0.05) is 186 Å². The number of aliphatic hydroxyl groups is 5. The molecule has 13 nitrogen and oxygen atoms in total. The van der Waals surface area contributed by atoms with Crippen molar-refractivity contribution in [3.63, 3.8) is 0 Å². The van der Waals surface area contributed by atoms with Crippen LogP contribution in [-0.2, 0) is 32.7 Å². The summed E-state index contributed by atoms with van der Waals surface area (Å²) < 4.78 is 33.6. The molecule has 1 aliphatic carbocycles. The van der Waals surface area contributed by atoms with Gasteiger partial charge in [0, 0.05) is 12.8 Å². The van der Waals surface area contributed by atoms with E-state index in [1.807, 2.05) is 0 Å². The van der Waals surface area contributed by atoms with Gasteiger partial charge in [-0.05, 0) is 44.9 Å². The minimum absolute atomic E-state index is 0.0835. The molecule has 6 atom stereocenters. The molecule has 1 fully saturated rings. The summed E-state index contributed by atoms with van der Waals surface area (Å²) in [6, 6.07) is 0. The summed E-state index contributed by atoms with van der Waals surface area (Å²) >= 11 is 0. The lowest BCUT2D eigenvalue weighted by Gasteiger charge is -2.41. The van der Waals surface area contributed by atoms with Crippen molar-refractivity contribution in [3.05, 3.63) is 24.3 Å². The van der Waals surface area contributed by atoms with Crippen LogP contribution in [0.15, 0.2) is 24.3 Å². The third-order valence-electron chi connectivity index (χ3n) is 11.8. The van der Waals surface area contributed by atoms with Crippen molar-refractivity contribution in [3.8, 4) is 0 Å². The molecule has 1 rings (SSSR count). The highest BCUT2D eigenvalue weighted by Gasteiger charge is 2.51. The molecule has 0 aromatic carbocycles. The summed E-state index contributed by atoms with van der Waals surface area (Å²) in [5.41, 5.74) is 0. The van der Waals surface area contributed by atoms with E-state index in [1.165, 1.54) is 116 Å². The number of ether oxygens (including phenoxy) is 2. The van der Waals surface area contributed by atoms with E-state index in [0.717, 1.165) is 64.2 Å². The van der Waals surface area contributed by atoms with Gasteiger partial charge in [-0.2, -0.15) is 0 Å². The molecule has 1 saturated carbocycles. The average molecular weight is 919 g/mol. The molecule has 0 spiro atoms. The fourth-order valence-electron chi connectivity index (χ4n) is 7.73. The average Bonchev–Trinajstić information content (AvgIpc) is 3.26. The molecule has 0 amide bonds. The molecule has 63 heavy (non-hydrogen) atoms. The number of phosphoric ester groups is 1. The van der Waals surface area contributed by atoms with Gasteiger partial charge in [-0.3, -0.25) is 18.6 Å². The number of unbranched alkanes of at least 4 members (excludes halogenated alkanes) is 26. The Hall–Kier alpha value is -1.67. The topological polar surface area (TPSA) is 210 Å². The van der Waals surface area contributed by atoms with Gasteiger partial charge in [-0.25, -0.2) is 4.57 Å². The number of hydrogen-bond donors (Lipinski definition) is 6. The summed E-state index contributed by atoms with van der Waals surface area (Å²) in [6.07, 6.45) is 30.8. The second-order valence-electron chi connectivity index (χ2n) is 17.7. The maximum atomic E-state index is 12.8. The number of rotatable bonds is 42. The van der Waals surface area contributed by atoms with E-state index in [2.05, 4.69) is 38.2 Å². The van der Waals surface area contributed by atoms with Crippen molar-refractivity contribution in [1.29, 1.82) is 0 Å². The minimum atomic E-state index is -5.12. The van der Waals surface area contributed by atoms with Gasteiger partial charge in [0.1, 0.15) is 43.2 Å². The Labute approximate surface area is 381 Å². The number of allylic oxidation sites excluding steroid dienone is 4. The first-order valence-electron chi connectivity index (χ1n) is 25.1. The number of aliphatic hydroxyl groups excluding tert-OH is 5. The van der Waals surface area contributed by atoms with Crippen LogP contribution in [0.5, 0.6) is 0 Å². The second-order valence-corrected chi connectivity index (χ2v) is 19.1. The van der Waals surface area contributed by atoms with Crippen LogP contribution in [0.1, 0.15) is 219 Å². The molecule has 1 aliphatic rings. The molecule has 0 radical (unpaired) electrons. The van der Waals surface area contributed by atoms with Gasteiger partial charge < -0.3 is 39.9 Å². The predicted octanol–water partition coefficient (Wildman–Crippen LogP) is 10.4. The van der Waals surface area contributed by atoms with Crippen LogP contribution in [0, 0.1) is 0 Å². The molecule has 6 unspecified atom stereocenters. The third kappa shape index (κ3) is 31.8. The van der Waals surface area contributed by atoms with E-state index in [0.29, 0.717) is 12.8 Å². The van der Waals surface area contributed by atoms with Crippen molar-refractivity contribution < 1.29 is 63.1 Å². The van der Waals surface area contributed by atoms with Crippen molar-refractivity contribution in [1.82, 2.24) is 0 Å². The van der Waals surface area contributed by atoms with Gasteiger partial charge in [-0.15, -0.1) is 0 Å². The van der Waals surface area contributed by atoms with E-state index in [1.54, 1.807) is 0 Å². The first-order valence-corrected chi connectivity index (χ1v) is 26.6. The fourth-order valence-corrected chi connectivity index (χ4v) is 8.70. The fraction of sp³-hybridized carbons (Fsp3) is 0.878. The van der Waals surface area contributed by atoms with Crippen molar-refractivity contribution >= 4 is 19.8 Å². The minimum Gasteiger partial charge on any atom is -0.462 e. The third-order valence-corrected chi connectivity index (χ3v) is 12.8. The number of phosphoric acid groups is 1. The smallest absolute Gasteiger partial charge is 0.462 e. The summed E-state index contributed by atoms with van der Waals surface area (Å²) in [5.74, 6) is -1.11. The summed E-state index contributed by atoms with van der Waals surface area (Å²) in [6.45, 7) is 3.29. The highest BCUT2D eigenvalue weighted by Crippen LogP contribution is 2.47. The van der Waals surface area contributed by atoms with Crippen LogP contribution in [-0.4, -0.2) is 98.3 Å². The van der Waals surface area contributed by atoms with E-state index in [-0.39, 0.29) is 12.8 Å². The second kappa shape index (κ2) is 39.5. The molecule has 0 bridgehead atoms. The normalized spacial score (nSPS) is 21.8. The Morgan fingerprint density at radius 2 is 0.857 bits per heavy atom. The molecule has 14 heteroatoms. The lowest BCUT2D eigenvalue weighted by molar-refractivity contribution is -0.220. The van der Waals surface area contributed by atoms with E-state index < -0.39 is 75.7 Å². The SMILES string of the molecule is CCCCC/C=C\C/C=C\CCCCCCCC(=O)OC(COC(=O)CCCCCCCCCCCCCCCCCCCCC)COP(=O)(O)OC1C(O)C(O)C(O)C(O)C1O. The van der Waals surface area contributed by atoms with Gasteiger partial charge in [0.15, 0.2) is 6.10 Å². The lowest BCUT2D eigenvalue weighted by atomic mass is 9.85. The molecular formula is C49H91O13P. The number of carbonyl (C=O) groups is 2. The van der Waals surface area contributed by atoms with Crippen LogP contribution >= 0.6 is 7.82 Å². The largest absolute Gasteiger partial charge is 0.472 e.